The molecule has 0 atom stereocenters. The summed E-state index contributed by atoms with van der Waals surface area (Å²) < 4.78 is 31.5. The molecule has 1 rings (SSSR count). The van der Waals surface area contributed by atoms with Crippen LogP contribution in [0.2, 0.25) is 0 Å². The Morgan fingerprint density at radius 1 is 1.28 bits per heavy atom. The minimum Gasteiger partial charge on any atom is -0.452 e. The molecule has 1 aliphatic rings. The fraction of sp³-hybridized carbons (Fsp3) is 0.800. The Labute approximate surface area is 107 Å². The van der Waals surface area contributed by atoms with Gasteiger partial charge in [0.05, 0.1) is 13.2 Å². The molecule has 0 aromatic rings. The number of nitriles is 1. The SMILES string of the molecule is COC(=O)NS(=O)(=O)NC1(C#N)CCCCCC1. The van der Waals surface area contributed by atoms with E-state index in [0.29, 0.717) is 12.8 Å². The predicted octanol–water partition coefficient (Wildman–Crippen LogP) is 0.793. The van der Waals surface area contributed by atoms with E-state index in [1.165, 1.54) is 0 Å². The maximum Gasteiger partial charge on any atom is 0.421 e. The summed E-state index contributed by atoms with van der Waals surface area (Å²) in [7, 11) is -3.01. The van der Waals surface area contributed by atoms with Crippen molar-refractivity contribution in [1.82, 2.24) is 9.44 Å². The third kappa shape index (κ3) is 4.16. The topological polar surface area (TPSA) is 108 Å². The summed E-state index contributed by atoms with van der Waals surface area (Å²) in [6, 6.07) is 2.02. The molecule has 1 saturated carbocycles. The molecule has 0 spiro atoms. The van der Waals surface area contributed by atoms with Crippen molar-refractivity contribution in [3.63, 3.8) is 0 Å². The van der Waals surface area contributed by atoms with Crippen LogP contribution in [0.1, 0.15) is 38.5 Å². The molecule has 18 heavy (non-hydrogen) atoms. The molecule has 1 amide bonds. The maximum atomic E-state index is 11.7. The first-order valence-electron chi connectivity index (χ1n) is 5.74. The average Bonchev–Trinajstić information content (AvgIpc) is 2.54. The van der Waals surface area contributed by atoms with Gasteiger partial charge in [-0.2, -0.15) is 18.4 Å². The quantitative estimate of drug-likeness (QED) is 0.740. The lowest BCUT2D eigenvalue weighted by molar-refractivity contribution is 0.177. The van der Waals surface area contributed by atoms with Crippen LogP contribution in [0.3, 0.4) is 0 Å². The molecule has 0 aromatic heterocycles. The van der Waals surface area contributed by atoms with E-state index >= 15 is 0 Å². The lowest BCUT2D eigenvalue weighted by Gasteiger charge is -2.25. The Morgan fingerprint density at radius 3 is 2.28 bits per heavy atom. The van der Waals surface area contributed by atoms with Gasteiger partial charge in [0.1, 0.15) is 5.54 Å². The zero-order valence-corrected chi connectivity index (χ0v) is 11.0. The standard InChI is InChI=1S/C10H17N3O4S/c1-17-9(14)12-18(15,16)13-10(8-11)6-4-2-3-5-7-10/h13H,2-7H2,1H3,(H,12,14). The molecule has 8 heteroatoms. The Kier molecular flexibility index (Phi) is 4.93. The number of nitrogens with one attached hydrogen (secondary N) is 2. The van der Waals surface area contributed by atoms with Crippen molar-refractivity contribution >= 4 is 16.3 Å². The molecule has 7 nitrogen and oxygen atoms in total. The van der Waals surface area contributed by atoms with Crippen molar-refractivity contribution in [3.05, 3.63) is 0 Å². The number of hydrogen-bond donors (Lipinski definition) is 2. The Hall–Kier alpha value is -1.33. The molecule has 2 N–H and O–H groups in total. The average molecular weight is 275 g/mol. The third-order valence-electron chi connectivity index (χ3n) is 2.90. The van der Waals surface area contributed by atoms with E-state index in [4.69, 9.17) is 0 Å². The zero-order valence-electron chi connectivity index (χ0n) is 10.2. The molecule has 1 aliphatic carbocycles. The second-order valence-corrected chi connectivity index (χ2v) is 5.72. The van der Waals surface area contributed by atoms with E-state index < -0.39 is 21.8 Å². The van der Waals surface area contributed by atoms with Crippen LogP contribution in [0.5, 0.6) is 0 Å². The van der Waals surface area contributed by atoms with Crippen molar-refractivity contribution in [2.45, 2.75) is 44.1 Å². The van der Waals surface area contributed by atoms with Crippen molar-refractivity contribution in [1.29, 1.82) is 5.26 Å². The van der Waals surface area contributed by atoms with Gasteiger partial charge >= 0.3 is 16.3 Å². The van der Waals surface area contributed by atoms with E-state index in [0.717, 1.165) is 32.8 Å². The van der Waals surface area contributed by atoms with Crippen LogP contribution in [0.15, 0.2) is 0 Å². The van der Waals surface area contributed by atoms with Gasteiger partial charge in [-0.15, -0.1) is 0 Å². The fourth-order valence-corrected chi connectivity index (χ4v) is 3.12. The van der Waals surface area contributed by atoms with Gasteiger partial charge < -0.3 is 4.74 Å². The van der Waals surface area contributed by atoms with Gasteiger partial charge in [-0.1, -0.05) is 25.7 Å². The lowest BCUT2D eigenvalue weighted by atomic mass is 9.94. The first-order chi connectivity index (χ1) is 8.43. The molecular formula is C10H17N3O4S. The molecular weight excluding hydrogens is 258 g/mol. The van der Waals surface area contributed by atoms with E-state index in [9.17, 15) is 18.5 Å². The van der Waals surface area contributed by atoms with Gasteiger partial charge in [-0.3, -0.25) is 0 Å². The third-order valence-corrected chi connectivity index (χ3v) is 4.00. The van der Waals surface area contributed by atoms with Crippen LogP contribution in [0.4, 0.5) is 4.79 Å². The second-order valence-electron chi connectivity index (χ2n) is 4.31. The smallest absolute Gasteiger partial charge is 0.421 e. The minimum absolute atomic E-state index is 0.450. The van der Waals surface area contributed by atoms with Crippen molar-refractivity contribution < 1.29 is 17.9 Å². The molecule has 0 aromatic carbocycles. The Morgan fingerprint density at radius 2 is 1.83 bits per heavy atom. The summed E-state index contributed by atoms with van der Waals surface area (Å²) in [5.74, 6) is 0. The molecule has 1 fully saturated rings. The number of methoxy groups -OCH3 is 1. The van der Waals surface area contributed by atoms with Gasteiger partial charge in [0.15, 0.2) is 0 Å². The van der Waals surface area contributed by atoms with E-state index in [2.05, 4.69) is 9.46 Å². The van der Waals surface area contributed by atoms with Crippen molar-refractivity contribution in [2.24, 2.45) is 0 Å². The summed E-state index contributed by atoms with van der Waals surface area (Å²) in [6.07, 6.45) is 3.36. The fourth-order valence-electron chi connectivity index (χ4n) is 2.00. The molecule has 0 saturated heterocycles. The number of rotatable bonds is 3. The molecule has 0 bridgehead atoms. The summed E-state index contributed by atoms with van der Waals surface area (Å²) >= 11 is 0. The van der Waals surface area contributed by atoms with Crippen LogP contribution in [-0.4, -0.2) is 27.2 Å². The molecule has 0 heterocycles. The highest BCUT2D eigenvalue weighted by molar-refractivity contribution is 7.88. The monoisotopic (exact) mass is 275 g/mol. The highest BCUT2D eigenvalue weighted by atomic mass is 32.2. The van der Waals surface area contributed by atoms with Gasteiger partial charge in [-0.25, -0.2) is 9.52 Å². The van der Waals surface area contributed by atoms with Gasteiger partial charge in [0.25, 0.3) is 0 Å². The maximum absolute atomic E-state index is 11.7. The van der Waals surface area contributed by atoms with E-state index in [1.54, 1.807) is 4.72 Å². The second kappa shape index (κ2) is 6.02. The highest BCUT2D eigenvalue weighted by Gasteiger charge is 2.35. The van der Waals surface area contributed by atoms with Crippen molar-refractivity contribution in [3.8, 4) is 6.07 Å². The molecule has 0 unspecified atom stereocenters. The van der Waals surface area contributed by atoms with Gasteiger partial charge in [-0.05, 0) is 12.8 Å². The highest BCUT2D eigenvalue weighted by Crippen LogP contribution is 2.27. The number of carbonyl (C=O) groups is 1. The van der Waals surface area contributed by atoms with Crippen LogP contribution in [-0.2, 0) is 14.9 Å². The number of hydrogen-bond acceptors (Lipinski definition) is 5. The van der Waals surface area contributed by atoms with Gasteiger partial charge in [0.2, 0.25) is 0 Å². The zero-order chi connectivity index (χ0) is 13.6. The number of nitrogens with zero attached hydrogens (tertiary/aromatic N) is 1. The summed E-state index contributed by atoms with van der Waals surface area (Å²) in [5.41, 5.74) is -1.13. The largest absolute Gasteiger partial charge is 0.452 e. The first kappa shape index (κ1) is 14.7. The molecule has 0 aliphatic heterocycles. The van der Waals surface area contributed by atoms with Crippen LogP contribution < -0.4 is 9.44 Å². The Bertz CT molecular complexity index is 433. The Balaban J connectivity index is 2.78. The van der Waals surface area contributed by atoms with Crippen molar-refractivity contribution in [2.75, 3.05) is 7.11 Å². The number of carbonyl (C=O) groups excluding carboxylic acids is 1. The van der Waals surface area contributed by atoms with Crippen LogP contribution in [0, 0.1) is 11.3 Å². The van der Waals surface area contributed by atoms with Crippen LogP contribution >= 0.6 is 0 Å². The van der Waals surface area contributed by atoms with E-state index in [1.807, 2.05) is 6.07 Å². The van der Waals surface area contributed by atoms with E-state index in [-0.39, 0.29) is 0 Å². The molecule has 0 radical (unpaired) electrons. The summed E-state index contributed by atoms with van der Waals surface area (Å²) in [4.78, 5) is 10.9. The normalized spacial score (nSPS) is 19.3. The van der Waals surface area contributed by atoms with Gasteiger partial charge in [0, 0.05) is 0 Å². The first-order valence-corrected chi connectivity index (χ1v) is 7.22. The summed E-state index contributed by atoms with van der Waals surface area (Å²) in [6.45, 7) is 0. The summed E-state index contributed by atoms with van der Waals surface area (Å²) in [5, 5.41) is 9.20. The minimum atomic E-state index is -4.08. The predicted molar refractivity (Wildman–Crippen MR) is 63.6 cm³/mol. The lowest BCUT2D eigenvalue weighted by Crippen LogP contribution is -2.52. The number of ether oxygens (including phenoxy) is 1. The van der Waals surface area contributed by atoms with Crippen LogP contribution in [0.25, 0.3) is 0 Å². The number of amides is 1. The molecule has 102 valence electrons.